The molecule has 3 aromatic rings. The van der Waals surface area contributed by atoms with Crippen LogP contribution >= 0.6 is 0 Å². The van der Waals surface area contributed by atoms with E-state index in [9.17, 15) is 24.3 Å². The summed E-state index contributed by atoms with van der Waals surface area (Å²) in [4.78, 5) is 59.4. The molecule has 3 amide bonds. The third-order valence-corrected chi connectivity index (χ3v) is 7.51. The van der Waals surface area contributed by atoms with Crippen molar-refractivity contribution in [1.82, 2.24) is 20.9 Å². The second kappa shape index (κ2) is 18.1. The molecule has 0 bridgehead atoms. The Morgan fingerprint density at radius 3 is 2.11 bits per heavy atom. The molecule has 14 nitrogen and oxygen atoms in total. The Morgan fingerprint density at radius 2 is 1.41 bits per heavy atom. The van der Waals surface area contributed by atoms with Crippen LogP contribution in [0.3, 0.4) is 0 Å². The fraction of sp³-hybridized carbons (Fsp3) is 0.406. The minimum Gasteiger partial charge on any atom is -0.480 e. The van der Waals surface area contributed by atoms with Crippen molar-refractivity contribution in [2.75, 3.05) is 13.1 Å². The first kappa shape index (κ1) is 35.5. The summed E-state index contributed by atoms with van der Waals surface area (Å²) in [7, 11) is 0. The van der Waals surface area contributed by atoms with E-state index in [2.05, 4.69) is 25.9 Å². The number of aliphatic carboxylic acids is 1. The number of nitrogens with one attached hydrogen (secondary N) is 4. The van der Waals surface area contributed by atoms with Crippen molar-refractivity contribution in [3.05, 3.63) is 71.9 Å². The molecule has 0 aliphatic heterocycles. The van der Waals surface area contributed by atoms with Crippen molar-refractivity contribution in [3.63, 3.8) is 0 Å². The normalized spacial score (nSPS) is 13.6. The summed E-state index contributed by atoms with van der Waals surface area (Å²) in [6.07, 6.45) is 3.85. The zero-order valence-electron chi connectivity index (χ0n) is 25.8. The van der Waals surface area contributed by atoms with Crippen molar-refractivity contribution < 1.29 is 24.3 Å². The Hall–Kier alpha value is -4.95. The molecule has 0 aliphatic carbocycles. The average molecular weight is 636 g/mol. The summed E-state index contributed by atoms with van der Waals surface area (Å²) in [5.74, 6) is -3.17. The molecule has 0 spiro atoms. The van der Waals surface area contributed by atoms with Crippen LogP contribution in [0.25, 0.3) is 10.9 Å². The van der Waals surface area contributed by atoms with E-state index >= 15 is 0 Å². The second-order valence-electron chi connectivity index (χ2n) is 11.1. The number of nitrogens with two attached hydrogens (primary N) is 4. The van der Waals surface area contributed by atoms with Crippen LogP contribution in [0, 0.1) is 0 Å². The summed E-state index contributed by atoms with van der Waals surface area (Å²) in [5, 5.41) is 18.7. The summed E-state index contributed by atoms with van der Waals surface area (Å²) < 4.78 is 0. The highest BCUT2D eigenvalue weighted by Gasteiger charge is 2.31. The highest BCUT2D eigenvalue weighted by atomic mass is 16.4. The maximum atomic E-state index is 13.7. The van der Waals surface area contributed by atoms with Crippen LogP contribution in [-0.4, -0.2) is 77.0 Å². The van der Waals surface area contributed by atoms with Crippen LogP contribution < -0.4 is 38.9 Å². The Kier molecular flexibility index (Phi) is 14.0. The van der Waals surface area contributed by atoms with E-state index in [4.69, 9.17) is 22.9 Å². The number of rotatable bonds is 19. The number of guanidine groups is 1. The Bertz CT molecular complexity index is 1470. The number of fused-ring (bicyclic) bond motifs is 1. The molecule has 0 saturated heterocycles. The number of para-hydroxylation sites is 1. The third kappa shape index (κ3) is 11.2. The topological polar surface area (TPSA) is 257 Å². The maximum Gasteiger partial charge on any atom is 0.326 e. The molecule has 3 rings (SSSR count). The third-order valence-electron chi connectivity index (χ3n) is 7.51. The fourth-order valence-electron chi connectivity index (χ4n) is 5.04. The number of amides is 3. The summed E-state index contributed by atoms with van der Waals surface area (Å²) in [5.41, 5.74) is 25.0. The molecular formula is C32H45N9O5. The zero-order chi connectivity index (χ0) is 33.5. The standard InChI is InChI=1S/C32H45N9O5/c33-15-7-6-13-25(39-28(42)23(34)17-20-9-2-1-3-10-20)29(43)41-27(18-21-19-38-24-12-5-4-11-22(21)24)30(44)40-26(31(45)46)14-8-16-37-32(35)36/h1-5,9-12,19,23,25-27,38H,6-8,13-18,33-34H2,(H,39,42)(H,40,44)(H,41,43)(H,45,46)(H4,35,36,37). The number of unbranched alkanes of at least 4 members (excludes halogenated alkanes) is 1. The number of carboxylic acids is 1. The Labute approximate surface area is 267 Å². The average Bonchev–Trinajstić information content (AvgIpc) is 3.44. The van der Waals surface area contributed by atoms with Gasteiger partial charge in [-0.3, -0.25) is 19.4 Å². The lowest BCUT2D eigenvalue weighted by Crippen LogP contribution is -2.57. The van der Waals surface area contributed by atoms with Gasteiger partial charge >= 0.3 is 5.97 Å². The molecular weight excluding hydrogens is 590 g/mol. The van der Waals surface area contributed by atoms with Crippen molar-refractivity contribution in [2.24, 2.45) is 27.9 Å². The van der Waals surface area contributed by atoms with Gasteiger partial charge in [-0.05, 0) is 62.3 Å². The van der Waals surface area contributed by atoms with Crippen LogP contribution in [0.1, 0.15) is 43.2 Å². The minimum absolute atomic E-state index is 0.0545. The smallest absolute Gasteiger partial charge is 0.326 e. The number of carbonyl (C=O) groups is 4. The summed E-state index contributed by atoms with van der Waals surface area (Å²) in [6.45, 7) is 0.592. The van der Waals surface area contributed by atoms with E-state index in [0.29, 0.717) is 25.8 Å². The Morgan fingerprint density at radius 1 is 0.783 bits per heavy atom. The van der Waals surface area contributed by atoms with Crippen molar-refractivity contribution in [3.8, 4) is 0 Å². The number of hydrogen-bond donors (Lipinski definition) is 9. The molecule has 1 aromatic heterocycles. The largest absolute Gasteiger partial charge is 0.480 e. The summed E-state index contributed by atoms with van der Waals surface area (Å²) >= 11 is 0. The molecule has 0 radical (unpaired) electrons. The molecule has 248 valence electrons. The lowest BCUT2D eigenvalue weighted by atomic mass is 10.0. The molecule has 0 fully saturated rings. The molecule has 4 atom stereocenters. The first-order chi connectivity index (χ1) is 22.1. The summed E-state index contributed by atoms with van der Waals surface area (Å²) in [6, 6.07) is 12.4. The van der Waals surface area contributed by atoms with Gasteiger partial charge in [0.2, 0.25) is 17.7 Å². The van der Waals surface area contributed by atoms with Gasteiger partial charge in [0.1, 0.15) is 18.1 Å². The molecule has 14 heteroatoms. The number of H-pyrrole nitrogens is 1. The quantitative estimate of drug-likeness (QED) is 0.0487. The molecule has 2 aromatic carbocycles. The van der Waals surface area contributed by atoms with Gasteiger partial charge in [0.15, 0.2) is 5.96 Å². The van der Waals surface area contributed by atoms with Crippen molar-refractivity contribution >= 4 is 40.6 Å². The molecule has 4 unspecified atom stereocenters. The first-order valence-corrected chi connectivity index (χ1v) is 15.3. The van der Waals surface area contributed by atoms with Gasteiger partial charge in [-0.1, -0.05) is 48.5 Å². The van der Waals surface area contributed by atoms with E-state index in [1.54, 1.807) is 6.20 Å². The van der Waals surface area contributed by atoms with Gasteiger partial charge < -0.3 is 49.0 Å². The molecule has 46 heavy (non-hydrogen) atoms. The predicted octanol–water partition coefficient (Wildman–Crippen LogP) is 0.00200. The van der Waals surface area contributed by atoms with Gasteiger partial charge in [0.05, 0.1) is 6.04 Å². The minimum atomic E-state index is -1.25. The second-order valence-corrected chi connectivity index (χ2v) is 11.1. The van der Waals surface area contributed by atoms with Crippen molar-refractivity contribution in [1.29, 1.82) is 0 Å². The number of aromatic nitrogens is 1. The Balaban J connectivity index is 1.80. The van der Waals surface area contributed by atoms with Gasteiger partial charge in [0, 0.05) is 30.1 Å². The number of hydrogen-bond acceptors (Lipinski definition) is 7. The van der Waals surface area contributed by atoms with E-state index < -0.39 is 47.9 Å². The molecule has 13 N–H and O–H groups in total. The van der Waals surface area contributed by atoms with Gasteiger partial charge in [-0.2, -0.15) is 0 Å². The van der Waals surface area contributed by atoms with Crippen LogP contribution in [0.15, 0.2) is 65.8 Å². The van der Waals surface area contributed by atoms with Crippen molar-refractivity contribution in [2.45, 2.75) is 69.1 Å². The number of aliphatic imine (C=N–C) groups is 1. The molecule has 0 aliphatic rings. The molecule has 1 heterocycles. The lowest BCUT2D eigenvalue weighted by Gasteiger charge is -2.25. The van der Waals surface area contributed by atoms with E-state index in [1.807, 2.05) is 54.6 Å². The van der Waals surface area contributed by atoms with E-state index in [0.717, 1.165) is 22.0 Å². The lowest BCUT2D eigenvalue weighted by molar-refractivity contribution is -0.142. The highest BCUT2D eigenvalue weighted by molar-refractivity contribution is 5.95. The monoisotopic (exact) mass is 635 g/mol. The van der Waals surface area contributed by atoms with Gasteiger partial charge in [0.25, 0.3) is 0 Å². The van der Waals surface area contributed by atoms with Gasteiger partial charge in [-0.25, -0.2) is 4.79 Å². The maximum absolute atomic E-state index is 13.7. The SMILES string of the molecule is NCCCCC(NC(=O)C(N)Cc1ccccc1)C(=O)NC(Cc1c[nH]c2ccccc12)C(=O)NC(CCCN=C(N)N)C(=O)O. The number of carbonyl (C=O) groups excluding carboxylic acids is 3. The van der Waals surface area contributed by atoms with Crippen LogP contribution in [0.5, 0.6) is 0 Å². The molecule has 0 saturated carbocycles. The van der Waals surface area contributed by atoms with Gasteiger partial charge in [-0.15, -0.1) is 0 Å². The van der Waals surface area contributed by atoms with Crippen LogP contribution in [0.2, 0.25) is 0 Å². The number of carboxylic acid groups (broad SMARTS) is 1. The first-order valence-electron chi connectivity index (χ1n) is 15.3. The zero-order valence-corrected chi connectivity index (χ0v) is 25.8. The van der Waals surface area contributed by atoms with Crippen LogP contribution in [0.4, 0.5) is 0 Å². The number of nitrogens with zero attached hydrogens (tertiary/aromatic N) is 1. The van der Waals surface area contributed by atoms with E-state index in [-0.39, 0.29) is 38.2 Å². The fourth-order valence-corrected chi connectivity index (χ4v) is 5.04. The number of aromatic amines is 1. The highest BCUT2D eigenvalue weighted by Crippen LogP contribution is 2.19. The van der Waals surface area contributed by atoms with Crippen LogP contribution in [-0.2, 0) is 32.0 Å². The predicted molar refractivity (Wildman–Crippen MR) is 176 cm³/mol. The van der Waals surface area contributed by atoms with E-state index in [1.165, 1.54) is 0 Å². The number of benzene rings is 2.